The lowest BCUT2D eigenvalue weighted by Crippen LogP contribution is -2.23. The van der Waals surface area contributed by atoms with Crippen molar-refractivity contribution in [2.24, 2.45) is 5.73 Å². The molecule has 8 heavy (non-hydrogen) atoms. The van der Waals surface area contributed by atoms with Crippen LogP contribution in [-0.4, -0.2) is 13.9 Å². The van der Waals surface area contributed by atoms with E-state index in [0.717, 1.165) is 12.8 Å². The van der Waals surface area contributed by atoms with Crippen LogP contribution in [0.4, 0.5) is 0 Å². The average Bonchev–Trinajstić information content (AvgIpc) is 1.67. The lowest BCUT2D eigenvalue weighted by molar-refractivity contribution is 0.586. The maximum Gasteiger partial charge on any atom is 0.0716 e. The van der Waals surface area contributed by atoms with Crippen LogP contribution in [0.25, 0.3) is 0 Å². The molecule has 0 rings (SSSR count). The highest BCUT2D eigenvalue weighted by Gasteiger charge is 2.03. The topological polar surface area (TPSA) is 26.0 Å². The zero-order chi connectivity index (χ0) is 6.57. The van der Waals surface area contributed by atoms with Gasteiger partial charge < -0.3 is 5.73 Å². The van der Waals surface area contributed by atoms with Crippen LogP contribution in [0.3, 0.4) is 0 Å². The fraction of sp³-hybridized carbons (Fsp3) is 1.00. The van der Waals surface area contributed by atoms with Gasteiger partial charge in [-0.3, -0.25) is 0 Å². The van der Waals surface area contributed by atoms with Gasteiger partial charge in [0.1, 0.15) is 0 Å². The molecule has 1 unspecified atom stereocenters. The molecule has 0 heterocycles. The van der Waals surface area contributed by atoms with Gasteiger partial charge in [-0.1, -0.05) is 26.1 Å². The molecule has 0 fully saturated rings. The summed E-state index contributed by atoms with van der Waals surface area (Å²) in [6, 6.07) is 0.194. The van der Waals surface area contributed by atoms with Crippen LogP contribution in [0.2, 0.25) is 5.82 Å². The first-order valence-corrected chi connectivity index (χ1v) is 3.19. The minimum absolute atomic E-state index is 0.148. The minimum atomic E-state index is 0.148. The third kappa shape index (κ3) is 3.08. The summed E-state index contributed by atoms with van der Waals surface area (Å²) >= 11 is 0. The summed E-state index contributed by atoms with van der Waals surface area (Å²) in [5, 5.41) is 0. The van der Waals surface area contributed by atoms with E-state index in [0.29, 0.717) is 0 Å². The summed E-state index contributed by atoms with van der Waals surface area (Å²) in [5.41, 5.74) is 5.60. The maximum absolute atomic E-state index is 5.60. The van der Waals surface area contributed by atoms with Crippen LogP contribution in [0, 0.1) is 0 Å². The van der Waals surface area contributed by atoms with Crippen molar-refractivity contribution < 1.29 is 0 Å². The van der Waals surface area contributed by atoms with Gasteiger partial charge in [0, 0.05) is 0 Å². The summed E-state index contributed by atoms with van der Waals surface area (Å²) in [5.74, 6) is 0.148. The van der Waals surface area contributed by atoms with Gasteiger partial charge in [0.25, 0.3) is 0 Å². The van der Waals surface area contributed by atoms with Crippen molar-refractivity contribution in [3.8, 4) is 0 Å². The highest BCUT2D eigenvalue weighted by molar-refractivity contribution is 6.11. The smallest absolute Gasteiger partial charge is 0.0716 e. The van der Waals surface area contributed by atoms with Crippen molar-refractivity contribution in [2.75, 3.05) is 0 Å². The Hall–Kier alpha value is 0.0249. The van der Waals surface area contributed by atoms with Gasteiger partial charge in [-0.15, -0.1) is 0 Å². The van der Waals surface area contributed by atoms with E-state index in [1.165, 1.54) is 0 Å². The van der Waals surface area contributed by atoms with E-state index in [2.05, 4.69) is 6.92 Å². The van der Waals surface area contributed by atoms with Crippen LogP contribution in [-0.2, 0) is 0 Å². The van der Waals surface area contributed by atoms with Crippen molar-refractivity contribution in [3.05, 3.63) is 0 Å². The van der Waals surface area contributed by atoms with E-state index in [9.17, 15) is 0 Å². The van der Waals surface area contributed by atoms with E-state index in [4.69, 9.17) is 13.6 Å². The first-order valence-electron chi connectivity index (χ1n) is 3.19. The average molecular weight is 111 g/mol. The minimum Gasteiger partial charge on any atom is -0.328 e. The van der Waals surface area contributed by atoms with Gasteiger partial charge in [-0.25, -0.2) is 0 Å². The largest absolute Gasteiger partial charge is 0.328 e. The maximum atomic E-state index is 5.60. The summed E-state index contributed by atoms with van der Waals surface area (Å²) in [6.45, 7) is 4.06. The Labute approximate surface area is 53.1 Å². The molecule has 0 saturated carbocycles. The molecule has 0 aromatic heterocycles. The molecular formula is C6H14BN. The molecule has 0 aliphatic heterocycles. The van der Waals surface area contributed by atoms with Crippen LogP contribution >= 0.6 is 0 Å². The zero-order valence-electron chi connectivity index (χ0n) is 5.72. The number of hydrogen-bond donors (Lipinski definition) is 1. The molecule has 0 saturated heterocycles. The third-order valence-electron chi connectivity index (χ3n) is 1.30. The number of nitrogens with two attached hydrogens (primary N) is 1. The van der Waals surface area contributed by atoms with Crippen molar-refractivity contribution in [3.63, 3.8) is 0 Å². The third-order valence-corrected chi connectivity index (χ3v) is 1.30. The SMILES string of the molecule is [B]C(C)[C@H](N)CCC. The molecule has 0 amide bonds. The number of rotatable bonds is 3. The van der Waals surface area contributed by atoms with Crippen molar-refractivity contribution >= 4 is 7.85 Å². The second-order valence-electron chi connectivity index (χ2n) is 2.31. The van der Waals surface area contributed by atoms with Crippen LogP contribution in [0.5, 0.6) is 0 Å². The Kier molecular flexibility index (Phi) is 3.97. The van der Waals surface area contributed by atoms with Gasteiger partial charge in [-0.05, 0) is 12.5 Å². The van der Waals surface area contributed by atoms with Gasteiger partial charge in [0.15, 0.2) is 0 Å². The molecule has 2 heteroatoms. The van der Waals surface area contributed by atoms with E-state index >= 15 is 0 Å². The van der Waals surface area contributed by atoms with Crippen molar-refractivity contribution in [1.29, 1.82) is 0 Å². The number of hydrogen-bond acceptors (Lipinski definition) is 1. The molecule has 2 radical (unpaired) electrons. The van der Waals surface area contributed by atoms with Crippen LogP contribution < -0.4 is 5.73 Å². The second-order valence-corrected chi connectivity index (χ2v) is 2.31. The fourth-order valence-electron chi connectivity index (χ4n) is 0.596. The predicted octanol–water partition coefficient (Wildman–Crippen LogP) is 1.09. The summed E-state index contributed by atoms with van der Waals surface area (Å²) < 4.78 is 0. The molecule has 0 aliphatic carbocycles. The Bertz CT molecular complexity index is 54.5. The summed E-state index contributed by atoms with van der Waals surface area (Å²) in [7, 11) is 5.50. The van der Waals surface area contributed by atoms with E-state index in [-0.39, 0.29) is 11.9 Å². The van der Waals surface area contributed by atoms with Gasteiger partial charge >= 0.3 is 0 Å². The molecule has 0 bridgehead atoms. The standard InChI is InChI=1S/C6H14BN/c1-3-4-6(8)5(2)7/h5-6H,3-4,8H2,1-2H3/t5?,6-/m1/s1. The van der Waals surface area contributed by atoms with Gasteiger partial charge in [0.2, 0.25) is 0 Å². The Morgan fingerprint density at radius 2 is 2.12 bits per heavy atom. The molecule has 2 atom stereocenters. The summed E-state index contributed by atoms with van der Waals surface area (Å²) in [6.07, 6.45) is 2.17. The lowest BCUT2D eigenvalue weighted by atomic mass is 9.81. The molecular weight excluding hydrogens is 96.9 g/mol. The highest BCUT2D eigenvalue weighted by Crippen LogP contribution is 2.06. The normalized spacial score (nSPS) is 17.9. The lowest BCUT2D eigenvalue weighted by Gasteiger charge is -2.13. The van der Waals surface area contributed by atoms with Crippen LogP contribution in [0.1, 0.15) is 26.7 Å². The predicted molar refractivity (Wildman–Crippen MR) is 38.1 cm³/mol. The van der Waals surface area contributed by atoms with E-state index in [1.54, 1.807) is 0 Å². The summed E-state index contributed by atoms with van der Waals surface area (Å²) in [4.78, 5) is 0. The van der Waals surface area contributed by atoms with E-state index in [1.807, 2.05) is 6.92 Å². The molecule has 0 aromatic carbocycles. The van der Waals surface area contributed by atoms with Crippen LogP contribution in [0.15, 0.2) is 0 Å². The van der Waals surface area contributed by atoms with Gasteiger partial charge in [0.05, 0.1) is 7.85 Å². The fourth-order valence-corrected chi connectivity index (χ4v) is 0.596. The zero-order valence-corrected chi connectivity index (χ0v) is 5.72. The monoisotopic (exact) mass is 111 g/mol. The van der Waals surface area contributed by atoms with Gasteiger partial charge in [-0.2, -0.15) is 0 Å². The quantitative estimate of drug-likeness (QED) is 0.542. The second kappa shape index (κ2) is 3.96. The molecule has 2 N–H and O–H groups in total. The van der Waals surface area contributed by atoms with Crippen molar-refractivity contribution in [2.45, 2.75) is 38.5 Å². The molecule has 0 aliphatic rings. The molecule has 46 valence electrons. The highest BCUT2D eigenvalue weighted by atomic mass is 14.6. The van der Waals surface area contributed by atoms with Crippen molar-refractivity contribution in [1.82, 2.24) is 0 Å². The molecule has 0 aromatic rings. The van der Waals surface area contributed by atoms with E-state index < -0.39 is 0 Å². The first kappa shape index (κ1) is 8.02. The molecule has 0 spiro atoms. The Balaban J connectivity index is 3.17. The Morgan fingerprint density at radius 1 is 1.62 bits per heavy atom. The first-order chi connectivity index (χ1) is 3.68. The molecule has 1 nitrogen and oxygen atoms in total. The Morgan fingerprint density at radius 3 is 2.25 bits per heavy atom.